The van der Waals surface area contributed by atoms with Gasteiger partial charge in [0.05, 0.1) is 0 Å². The minimum atomic E-state index is 0.343. The predicted octanol–water partition coefficient (Wildman–Crippen LogP) is 3.71. The molecule has 98 valence electrons. The van der Waals surface area contributed by atoms with Gasteiger partial charge < -0.3 is 0 Å². The summed E-state index contributed by atoms with van der Waals surface area (Å²) in [6.45, 7) is 0. The first-order valence-corrected chi connectivity index (χ1v) is 7.45. The third-order valence-electron chi connectivity index (χ3n) is 3.52. The van der Waals surface area contributed by atoms with Gasteiger partial charge in [0.15, 0.2) is 0 Å². The molecule has 3 N–H and O–H groups in total. The molecule has 3 heteroatoms. The fraction of sp³-hybridized carbons (Fsp3) is 0.467. The highest BCUT2D eigenvalue weighted by atomic mass is 79.9. The number of nitrogens with two attached hydrogens (primary N) is 1. The molecule has 2 rings (SSSR count). The second kappa shape index (κ2) is 7.07. The highest BCUT2D eigenvalue weighted by Crippen LogP contribution is 2.22. The summed E-state index contributed by atoms with van der Waals surface area (Å²) in [6.07, 6.45) is 9.63. The zero-order valence-corrected chi connectivity index (χ0v) is 12.2. The van der Waals surface area contributed by atoms with Gasteiger partial charge in [-0.25, -0.2) is 0 Å². The SMILES string of the molecule is NNC(CC1=CCCCC1)Cc1ccc(Br)cc1. The first-order chi connectivity index (χ1) is 8.78. The molecule has 0 radical (unpaired) electrons. The van der Waals surface area contributed by atoms with Crippen molar-refractivity contribution in [1.82, 2.24) is 5.43 Å². The lowest BCUT2D eigenvalue weighted by atomic mass is 9.92. The van der Waals surface area contributed by atoms with Crippen LogP contribution in [-0.2, 0) is 6.42 Å². The van der Waals surface area contributed by atoms with Crippen LogP contribution in [-0.4, -0.2) is 6.04 Å². The summed E-state index contributed by atoms with van der Waals surface area (Å²) in [5.41, 5.74) is 5.86. The van der Waals surface area contributed by atoms with Crippen LogP contribution in [0.4, 0.5) is 0 Å². The van der Waals surface area contributed by atoms with Gasteiger partial charge in [0.1, 0.15) is 0 Å². The van der Waals surface area contributed by atoms with Crippen LogP contribution in [0, 0.1) is 0 Å². The molecule has 0 saturated heterocycles. The average molecular weight is 309 g/mol. The topological polar surface area (TPSA) is 38.0 Å². The number of halogens is 1. The highest BCUT2D eigenvalue weighted by molar-refractivity contribution is 9.10. The molecule has 1 aliphatic carbocycles. The van der Waals surface area contributed by atoms with Gasteiger partial charge in [0.2, 0.25) is 0 Å². The molecule has 18 heavy (non-hydrogen) atoms. The molecule has 0 saturated carbocycles. The van der Waals surface area contributed by atoms with E-state index in [1.165, 1.54) is 31.2 Å². The van der Waals surface area contributed by atoms with Gasteiger partial charge in [-0.1, -0.05) is 39.7 Å². The molecule has 1 aromatic rings. The van der Waals surface area contributed by atoms with Crippen molar-refractivity contribution in [3.05, 3.63) is 46.0 Å². The van der Waals surface area contributed by atoms with Crippen molar-refractivity contribution in [1.29, 1.82) is 0 Å². The lowest BCUT2D eigenvalue weighted by Crippen LogP contribution is -2.37. The van der Waals surface area contributed by atoms with Crippen molar-refractivity contribution in [2.24, 2.45) is 5.84 Å². The summed E-state index contributed by atoms with van der Waals surface area (Å²) in [5, 5.41) is 0. The van der Waals surface area contributed by atoms with E-state index in [-0.39, 0.29) is 0 Å². The Morgan fingerprint density at radius 3 is 2.56 bits per heavy atom. The van der Waals surface area contributed by atoms with Crippen LogP contribution in [0.3, 0.4) is 0 Å². The largest absolute Gasteiger partial charge is 0.271 e. The zero-order chi connectivity index (χ0) is 12.8. The second-order valence-corrected chi connectivity index (χ2v) is 5.92. The van der Waals surface area contributed by atoms with Gasteiger partial charge in [0.25, 0.3) is 0 Å². The molecule has 0 aromatic heterocycles. The number of allylic oxidation sites excluding steroid dienone is 1. The molecule has 0 amide bonds. The van der Waals surface area contributed by atoms with Crippen LogP contribution in [0.5, 0.6) is 0 Å². The number of hydrogen-bond acceptors (Lipinski definition) is 2. The summed E-state index contributed by atoms with van der Waals surface area (Å²) in [5.74, 6) is 5.68. The van der Waals surface area contributed by atoms with Crippen molar-refractivity contribution in [3.8, 4) is 0 Å². The summed E-state index contributed by atoms with van der Waals surface area (Å²) < 4.78 is 1.12. The van der Waals surface area contributed by atoms with E-state index in [9.17, 15) is 0 Å². The van der Waals surface area contributed by atoms with E-state index in [4.69, 9.17) is 5.84 Å². The Morgan fingerprint density at radius 1 is 1.17 bits per heavy atom. The summed E-state index contributed by atoms with van der Waals surface area (Å²) in [6, 6.07) is 8.83. The van der Waals surface area contributed by atoms with E-state index in [1.54, 1.807) is 5.57 Å². The van der Waals surface area contributed by atoms with Crippen LogP contribution in [0.15, 0.2) is 40.4 Å². The normalized spacial score (nSPS) is 17.3. The second-order valence-electron chi connectivity index (χ2n) is 5.01. The van der Waals surface area contributed by atoms with Crippen molar-refractivity contribution in [2.75, 3.05) is 0 Å². The molecule has 1 atom stereocenters. The maximum atomic E-state index is 5.68. The molecule has 1 aromatic carbocycles. The maximum Gasteiger partial charge on any atom is 0.0288 e. The van der Waals surface area contributed by atoms with Gasteiger partial charge >= 0.3 is 0 Å². The lowest BCUT2D eigenvalue weighted by molar-refractivity contribution is 0.505. The van der Waals surface area contributed by atoms with Gasteiger partial charge in [-0.3, -0.25) is 11.3 Å². The quantitative estimate of drug-likeness (QED) is 0.494. The molecule has 1 unspecified atom stereocenters. The minimum absolute atomic E-state index is 0.343. The molecular weight excluding hydrogens is 288 g/mol. The Labute approximate surface area is 118 Å². The van der Waals surface area contributed by atoms with Gasteiger partial charge in [-0.15, -0.1) is 0 Å². The monoisotopic (exact) mass is 308 g/mol. The molecule has 0 fully saturated rings. The van der Waals surface area contributed by atoms with E-state index >= 15 is 0 Å². The zero-order valence-electron chi connectivity index (χ0n) is 10.7. The minimum Gasteiger partial charge on any atom is -0.271 e. The first-order valence-electron chi connectivity index (χ1n) is 6.66. The third kappa shape index (κ3) is 4.23. The number of hydrogen-bond donors (Lipinski definition) is 2. The Hall–Kier alpha value is -0.640. The summed E-state index contributed by atoms with van der Waals surface area (Å²) in [7, 11) is 0. The van der Waals surface area contributed by atoms with E-state index in [0.717, 1.165) is 17.3 Å². The Balaban J connectivity index is 1.92. The predicted molar refractivity (Wildman–Crippen MR) is 80.1 cm³/mol. The van der Waals surface area contributed by atoms with Crippen molar-refractivity contribution in [3.63, 3.8) is 0 Å². The molecule has 0 spiro atoms. The number of benzene rings is 1. The average Bonchev–Trinajstić information content (AvgIpc) is 2.41. The van der Waals surface area contributed by atoms with Gasteiger partial charge in [-0.05, 0) is 56.2 Å². The molecule has 2 nitrogen and oxygen atoms in total. The van der Waals surface area contributed by atoms with Crippen molar-refractivity contribution in [2.45, 2.75) is 44.6 Å². The van der Waals surface area contributed by atoms with E-state index in [2.05, 4.69) is 51.7 Å². The van der Waals surface area contributed by atoms with Gasteiger partial charge in [0, 0.05) is 10.5 Å². The molecule has 0 aliphatic heterocycles. The van der Waals surface area contributed by atoms with Crippen LogP contribution < -0.4 is 11.3 Å². The van der Waals surface area contributed by atoms with E-state index in [0.29, 0.717) is 6.04 Å². The third-order valence-corrected chi connectivity index (χ3v) is 4.05. The van der Waals surface area contributed by atoms with Crippen LogP contribution in [0.25, 0.3) is 0 Å². The van der Waals surface area contributed by atoms with Crippen molar-refractivity contribution < 1.29 is 0 Å². The number of rotatable bonds is 5. The Morgan fingerprint density at radius 2 is 1.94 bits per heavy atom. The fourth-order valence-electron chi connectivity index (χ4n) is 2.50. The fourth-order valence-corrected chi connectivity index (χ4v) is 2.77. The molecule has 0 bridgehead atoms. The molecular formula is C15H21BrN2. The van der Waals surface area contributed by atoms with E-state index in [1.807, 2.05) is 0 Å². The summed E-state index contributed by atoms with van der Waals surface area (Å²) >= 11 is 3.46. The molecule has 0 heterocycles. The maximum absolute atomic E-state index is 5.68. The van der Waals surface area contributed by atoms with Gasteiger partial charge in [-0.2, -0.15) is 0 Å². The Bertz CT molecular complexity index is 397. The standard InChI is InChI=1S/C15H21BrN2/c16-14-8-6-13(7-9-14)11-15(18-17)10-12-4-2-1-3-5-12/h4,6-9,15,18H,1-3,5,10-11,17H2. The highest BCUT2D eigenvalue weighted by Gasteiger charge is 2.12. The first kappa shape index (κ1) is 13.8. The number of hydrazine groups is 1. The summed E-state index contributed by atoms with van der Waals surface area (Å²) in [4.78, 5) is 0. The van der Waals surface area contributed by atoms with E-state index < -0.39 is 0 Å². The molecule has 1 aliphatic rings. The smallest absolute Gasteiger partial charge is 0.0288 e. The van der Waals surface area contributed by atoms with Crippen LogP contribution >= 0.6 is 15.9 Å². The number of nitrogens with one attached hydrogen (secondary N) is 1. The Kier molecular flexibility index (Phi) is 5.42. The van der Waals surface area contributed by atoms with Crippen LogP contribution in [0.2, 0.25) is 0 Å². The lowest BCUT2D eigenvalue weighted by Gasteiger charge is -2.20. The van der Waals surface area contributed by atoms with Crippen LogP contribution in [0.1, 0.15) is 37.7 Å². The van der Waals surface area contributed by atoms with Crippen molar-refractivity contribution >= 4 is 15.9 Å².